The zero-order chi connectivity index (χ0) is 40.0. The minimum absolute atomic E-state index is 0.0979. The minimum Gasteiger partial charge on any atom is -0.462 e. The standard InChI is InChI=1S/C42H75O11P/c1-38(2)30-26-22-18-14-11-12-15-19-23-27-31-41(46)50-36-40(37-52-54(48,49)51-35-39(45)34-44)53-42(47)32-28-24-20-16-10-8-6-4-3-5-7-9-13-17-21-25-29-33-43/h3,5-6,8-9,13,16,20,38-40,43-45H,4,7,10-12,14-15,17-19,21-37H2,1-2H3,(H,48,49)/b5-3-,8-6-,13-9-,20-16-/t39-,40+/m0/s1. The van der Waals surface area contributed by atoms with E-state index < -0.39 is 51.8 Å². The summed E-state index contributed by atoms with van der Waals surface area (Å²) in [6.45, 7) is 2.61. The number of hydrogen-bond acceptors (Lipinski definition) is 10. The molecule has 0 aliphatic rings. The van der Waals surface area contributed by atoms with Crippen molar-refractivity contribution in [3.8, 4) is 0 Å². The van der Waals surface area contributed by atoms with Crippen molar-refractivity contribution in [2.24, 2.45) is 5.92 Å². The Bertz CT molecular complexity index is 1060. The van der Waals surface area contributed by atoms with Gasteiger partial charge in [-0.3, -0.25) is 18.6 Å². The SMILES string of the molecule is CC(C)CCCCCCCCCCCCC(=O)OC[C@H](COP(=O)(O)OC[C@@H](O)CO)OC(=O)CCC/C=C\C/C=C\C/C=C\C/C=C\CCCCCO. The second-order valence-corrected chi connectivity index (χ2v) is 15.7. The van der Waals surface area contributed by atoms with E-state index in [0.29, 0.717) is 19.3 Å². The molecule has 0 fully saturated rings. The molecule has 54 heavy (non-hydrogen) atoms. The molecule has 4 N–H and O–H groups in total. The molecule has 0 aliphatic heterocycles. The number of allylic oxidation sites excluding steroid dienone is 8. The first kappa shape index (κ1) is 51.9. The van der Waals surface area contributed by atoms with Gasteiger partial charge in [0.1, 0.15) is 12.7 Å². The highest BCUT2D eigenvalue weighted by Gasteiger charge is 2.27. The van der Waals surface area contributed by atoms with E-state index in [4.69, 9.17) is 24.2 Å². The predicted octanol–water partition coefficient (Wildman–Crippen LogP) is 9.38. The van der Waals surface area contributed by atoms with Crippen molar-refractivity contribution < 1.29 is 52.9 Å². The Balaban J connectivity index is 4.43. The van der Waals surface area contributed by atoms with Gasteiger partial charge in [0.15, 0.2) is 6.10 Å². The van der Waals surface area contributed by atoms with Crippen molar-refractivity contribution in [1.82, 2.24) is 0 Å². The van der Waals surface area contributed by atoms with E-state index in [-0.39, 0.29) is 26.1 Å². The van der Waals surface area contributed by atoms with Gasteiger partial charge in [0.05, 0.1) is 19.8 Å². The molecule has 0 aliphatic carbocycles. The number of esters is 2. The van der Waals surface area contributed by atoms with Crippen molar-refractivity contribution in [2.45, 2.75) is 167 Å². The van der Waals surface area contributed by atoms with E-state index in [2.05, 4.69) is 54.8 Å². The molecule has 0 saturated carbocycles. The maximum Gasteiger partial charge on any atom is 0.472 e. The fourth-order valence-corrected chi connectivity index (χ4v) is 6.06. The van der Waals surface area contributed by atoms with Crippen LogP contribution in [0.3, 0.4) is 0 Å². The number of hydrogen-bond donors (Lipinski definition) is 4. The first-order valence-corrected chi connectivity index (χ1v) is 22.1. The van der Waals surface area contributed by atoms with E-state index >= 15 is 0 Å². The maximum atomic E-state index is 12.6. The van der Waals surface area contributed by atoms with E-state index in [1.54, 1.807) is 0 Å². The lowest BCUT2D eigenvalue weighted by Crippen LogP contribution is -2.29. The van der Waals surface area contributed by atoms with Gasteiger partial charge in [-0.05, 0) is 63.7 Å². The second kappa shape index (κ2) is 37.8. The summed E-state index contributed by atoms with van der Waals surface area (Å²) < 4.78 is 32.6. The summed E-state index contributed by atoms with van der Waals surface area (Å²) in [5.41, 5.74) is 0. The highest BCUT2D eigenvalue weighted by atomic mass is 31.2. The van der Waals surface area contributed by atoms with Gasteiger partial charge in [-0.25, -0.2) is 4.57 Å². The number of phosphoric ester groups is 1. The fraction of sp³-hybridized carbons (Fsp3) is 0.762. The van der Waals surface area contributed by atoms with Crippen molar-refractivity contribution >= 4 is 19.8 Å². The zero-order valence-corrected chi connectivity index (χ0v) is 34.4. The van der Waals surface area contributed by atoms with Crippen molar-refractivity contribution in [3.05, 3.63) is 48.6 Å². The molecule has 0 amide bonds. The van der Waals surface area contributed by atoms with Gasteiger partial charge in [0.25, 0.3) is 0 Å². The van der Waals surface area contributed by atoms with Gasteiger partial charge in [-0.2, -0.15) is 0 Å². The van der Waals surface area contributed by atoms with E-state index in [1.165, 1.54) is 44.9 Å². The van der Waals surface area contributed by atoms with Crippen molar-refractivity contribution in [1.29, 1.82) is 0 Å². The Morgan fingerprint density at radius 2 is 1.07 bits per heavy atom. The molecule has 0 rings (SSSR count). The smallest absolute Gasteiger partial charge is 0.462 e. The average molecular weight is 787 g/mol. The Morgan fingerprint density at radius 1 is 0.593 bits per heavy atom. The molecule has 314 valence electrons. The van der Waals surface area contributed by atoms with Crippen LogP contribution in [0.5, 0.6) is 0 Å². The van der Waals surface area contributed by atoms with Crippen LogP contribution in [0.4, 0.5) is 0 Å². The molecule has 0 aromatic heterocycles. The molecule has 11 nitrogen and oxygen atoms in total. The molecule has 0 bridgehead atoms. The lowest BCUT2D eigenvalue weighted by Gasteiger charge is -2.20. The van der Waals surface area contributed by atoms with Crippen molar-refractivity contribution in [3.63, 3.8) is 0 Å². The van der Waals surface area contributed by atoms with Crippen LogP contribution in [0.25, 0.3) is 0 Å². The molecule has 0 spiro atoms. The largest absolute Gasteiger partial charge is 0.472 e. The summed E-state index contributed by atoms with van der Waals surface area (Å²) in [5.74, 6) is -0.223. The Morgan fingerprint density at radius 3 is 1.63 bits per heavy atom. The number of rotatable bonds is 38. The first-order chi connectivity index (χ1) is 26.1. The third kappa shape index (κ3) is 38.2. The Hall–Kier alpha value is -2.11. The molecule has 0 aromatic carbocycles. The number of aliphatic hydroxyl groups excluding tert-OH is 3. The van der Waals surface area contributed by atoms with E-state index in [1.807, 2.05) is 12.2 Å². The topological polar surface area (TPSA) is 169 Å². The lowest BCUT2D eigenvalue weighted by atomic mass is 10.0. The maximum absolute atomic E-state index is 12.6. The van der Waals surface area contributed by atoms with Crippen LogP contribution >= 0.6 is 7.82 Å². The van der Waals surface area contributed by atoms with Crippen LogP contribution in [0.15, 0.2) is 48.6 Å². The summed E-state index contributed by atoms with van der Waals surface area (Å²) in [4.78, 5) is 34.9. The van der Waals surface area contributed by atoms with Gasteiger partial charge in [-0.1, -0.05) is 133 Å². The fourth-order valence-electron chi connectivity index (χ4n) is 5.27. The third-order valence-electron chi connectivity index (χ3n) is 8.47. The highest BCUT2D eigenvalue weighted by molar-refractivity contribution is 7.47. The van der Waals surface area contributed by atoms with Crippen LogP contribution in [0.1, 0.15) is 155 Å². The van der Waals surface area contributed by atoms with E-state index in [0.717, 1.165) is 70.1 Å². The molecule has 0 saturated heterocycles. The molecule has 0 heterocycles. The van der Waals surface area contributed by atoms with Crippen LogP contribution in [-0.2, 0) is 32.7 Å². The Labute approximate surface area is 326 Å². The number of phosphoric acid groups is 1. The predicted molar refractivity (Wildman–Crippen MR) is 216 cm³/mol. The zero-order valence-electron chi connectivity index (χ0n) is 33.5. The lowest BCUT2D eigenvalue weighted by molar-refractivity contribution is -0.161. The average Bonchev–Trinajstić information content (AvgIpc) is 3.14. The molecule has 1 unspecified atom stereocenters. The third-order valence-corrected chi connectivity index (χ3v) is 9.42. The number of unbranched alkanes of at least 4 members (excludes halogenated alkanes) is 13. The number of carbonyl (C=O) groups excluding carboxylic acids is 2. The van der Waals surface area contributed by atoms with Gasteiger partial charge in [0.2, 0.25) is 0 Å². The second-order valence-electron chi connectivity index (χ2n) is 14.2. The van der Waals surface area contributed by atoms with Crippen LogP contribution in [0.2, 0.25) is 0 Å². The summed E-state index contributed by atoms with van der Waals surface area (Å²) in [6.07, 6.45) is 35.4. The molecule has 0 radical (unpaired) electrons. The monoisotopic (exact) mass is 787 g/mol. The molecule has 3 atom stereocenters. The summed E-state index contributed by atoms with van der Waals surface area (Å²) in [6, 6.07) is 0. The van der Waals surface area contributed by atoms with Crippen molar-refractivity contribution in [2.75, 3.05) is 33.0 Å². The van der Waals surface area contributed by atoms with Crippen LogP contribution < -0.4 is 0 Å². The normalized spacial score (nSPS) is 14.5. The van der Waals surface area contributed by atoms with Gasteiger partial charge < -0.3 is 29.7 Å². The molecular weight excluding hydrogens is 711 g/mol. The number of aliphatic hydroxyl groups is 3. The van der Waals surface area contributed by atoms with Crippen LogP contribution in [-0.4, -0.2) is 77.4 Å². The number of carbonyl (C=O) groups is 2. The first-order valence-electron chi connectivity index (χ1n) is 20.6. The Kier molecular flexibility index (Phi) is 36.3. The van der Waals surface area contributed by atoms with Gasteiger partial charge >= 0.3 is 19.8 Å². The molecular formula is C42H75O11P. The summed E-state index contributed by atoms with van der Waals surface area (Å²) in [5, 5.41) is 27.1. The minimum atomic E-state index is -4.64. The van der Waals surface area contributed by atoms with Gasteiger partial charge in [0, 0.05) is 19.4 Å². The summed E-state index contributed by atoms with van der Waals surface area (Å²) in [7, 11) is -4.64. The van der Waals surface area contributed by atoms with Gasteiger partial charge in [-0.15, -0.1) is 0 Å². The number of ether oxygens (including phenoxy) is 2. The highest BCUT2D eigenvalue weighted by Crippen LogP contribution is 2.43. The van der Waals surface area contributed by atoms with E-state index in [9.17, 15) is 24.2 Å². The van der Waals surface area contributed by atoms with Crippen LogP contribution in [0, 0.1) is 5.92 Å². The molecule has 0 aromatic rings. The quantitative estimate of drug-likeness (QED) is 0.0204. The molecule has 12 heteroatoms. The summed E-state index contributed by atoms with van der Waals surface area (Å²) >= 11 is 0.